The largest absolute Gasteiger partial charge is 0.468 e. The molecule has 1 rings (SSSR count). The fraction of sp³-hybridized carbons (Fsp3) is 0.462. The monoisotopic (exact) mass is 221 g/mol. The zero-order valence-corrected chi connectivity index (χ0v) is 10.3. The van der Waals surface area contributed by atoms with Crippen LogP contribution in [-0.4, -0.2) is 19.1 Å². The number of carbonyl (C=O) groups is 1. The first-order valence-electron chi connectivity index (χ1n) is 5.42. The highest BCUT2D eigenvalue weighted by Crippen LogP contribution is 2.10. The maximum Gasteiger partial charge on any atom is 0.322 e. The van der Waals surface area contributed by atoms with Crippen molar-refractivity contribution >= 4 is 5.97 Å². The molecule has 0 saturated carbocycles. The van der Waals surface area contributed by atoms with E-state index in [1.165, 1.54) is 23.8 Å². The lowest BCUT2D eigenvalue weighted by Gasteiger charge is -2.13. The Balaban J connectivity index is 2.60. The zero-order chi connectivity index (χ0) is 12.1. The fourth-order valence-corrected chi connectivity index (χ4v) is 1.51. The van der Waals surface area contributed by atoms with Crippen LogP contribution in [0.25, 0.3) is 0 Å². The topological polar surface area (TPSA) is 38.3 Å². The Kier molecular flexibility index (Phi) is 4.50. The van der Waals surface area contributed by atoms with Crippen LogP contribution in [0.4, 0.5) is 0 Å². The molecule has 0 radical (unpaired) electrons. The third-order valence-electron chi connectivity index (χ3n) is 2.66. The van der Waals surface area contributed by atoms with Crippen LogP contribution in [0, 0.1) is 13.8 Å². The minimum absolute atomic E-state index is 0.231. The van der Waals surface area contributed by atoms with E-state index in [1.807, 2.05) is 0 Å². The van der Waals surface area contributed by atoms with E-state index in [2.05, 4.69) is 42.1 Å². The third-order valence-corrected chi connectivity index (χ3v) is 2.66. The average Bonchev–Trinajstić information content (AvgIpc) is 2.28. The minimum Gasteiger partial charge on any atom is -0.468 e. The average molecular weight is 221 g/mol. The van der Waals surface area contributed by atoms with Crippen molar-refractivity contribution in [2.45, 2.75) is 33.4 Å². The summed E-state index contributed by atoms with van der Waals surface area (Å²) in [5.74, 6) is -0.231. The van der Waals surface area contributed by atoms with Gasteiger partial charge in [-0.2, -0.15) is 0 Å². The van der Waals surface area contributed by atoms with Gasteiger partial charge < -0.3 is 10.1 Å². The molecule has 0 aromatic heterocycles. The van der Waals surface area contributed by atoms with Gasteiger partial charge in [0.2, 0.25) is 0 Å². The van der Waals surface area contributed by atoms with Crippen LogP contribution in [0.2, 0.25) is 0 Å². The van der Waals surface area contributed by atoms with Gasteiger partial charge in [0.25, 0.3) is 0 Å². The number of rotatable bonds is 4. The van der Waals surface area contributed by atoms with Gasteiger partial charge in [0.1, 0.15) is 6.04 Å². The molecule has 0 fully saturated rings. The summed E-state index contributed by atoms with van der Waals surface area (Å²) >= 11 is 0. The van der Waals surface area contributed by atoms with Crippen molar-refractivity contribution in [2.75, 3.05) is 7.11 Å². The quantitative estimate of drug-likeness (QED) is 0.790. The van der Waals surface area contributed by atoms with E-state index in [9.17, 15) is 4.79 Å². The van der Waals surface area contributed by atoms with Crippen LogP contribution < -0.4 is 5.32 Å². The summed E-state index contributed by atoms with van der Waals surface area (Å²) in [5, 5.41) is 3.14. The Morgan fingerprint density at radius 2 is 2.12 bits per heavy atom. The maximum atomic E-state index is 11.2. The number of ether oxygens (including phenoxy) is 1. The molecular weight excluding hydrogens is 202 g/mol. The van der Waals surface area contributed by atoms with Gasteiger partial charge >= 0.3 is 5.97 Å². The van der Waals surface area contributed by atoms with Crippen LogP contribution in [0.3, 0.4) is 0 Å². The Labute approximate surface area is 96.8 Å². The zero-order valence-electron chi connectivity index (χ0n) is 10.3. The molecule has 0 saturated heterocycles. The molecule has 16 heavy (non-hydrogen) atoms. The van der Waals surface area contributed by atoms with Crippen LogP contribution in [0.5, 0.6) is 0 Å². The minimum atomic E-state index is -0.273. The van der Waals surface area contributed by atoms with Crippen LogP contribution in [0.1, 0.15) is 23.6 Å². The number of aryl methyl sites for hydroxylation is 2. The molecule has 0 unspecified atom stereocenters. The molecule has 0 amide bonds. The third kappa shape index (κ3) is 3.35. The lowest BCUT2D eigenvalue weighted by Crippen LogP contribution is -2.34. The van der Waals surface area contributed by atoms with E-state index in [0.717, 1.165) is 0 Å². The van der Waals surface area contributed by atoms with E-state index in [1.54, 1.807) is 6.92 Å². The number of methoxy groups -OCH3 is 1. The molecular formula is C13H19NO2. The normalized spacial score (nSPS) is 12.2. The molecule has 0 aliphatic carbocycles. The first-order valence-corrected chi connectivity index (χ1v) is 5.42. The summed E-state index contributed by atoms with van der Waals surface area (Å²) in [6.45, 7) is 6.62. The lowest BCUT2D eigenvalue weighted by molar-refractivity contribution is -0.142. The fourth-order valence-electron chi connectivity index (χ4n) is 1.51. The molecule has 1 N–H and O–H groups in total. The first-order chi connectivity index (χ1) is 7.54. The van der Waals surface area contributed by atoms with E-state index in [0.29, 0.717) is 6.54 Å². The van der Waals surface area contributed by atoms with E-state index >= 15 is 0 Å². The number of esters is 1. The van der Waals surface area contributed by atoms with Crippen molar-refractivity contribution in [3.63, 3.8) is 0 Å². The highest BCUT2D eigenvalue weighted by atomic mass is 16.5. The summed E-state index contributed by atoms with van der Waals surface area (Å²) in [5.41, 5.74) is 3.68. The van der Waals surface area contributed by atoms with Crippen LogP contribution in [-0.2, 0) is 16.1 Å². The predicted octanol–water partition coefficient (Wildman–Crippen LogP) is 1.95. The van der Waals surface area contributed by atoms with Crippen molar-refractivity contribution in [3.8, 4) is 0 Å². The number of hydrogen-bond donors (Lipinski definition) is 1. The first kappa shape index (κ1) is 12.7. The number of hydrogen-bond acceptors (Lipinski definition) is 3. The Morgan fingerprint density at radius 1 is 1.44 bits per heavy atom. The maximum absolute atomic E-state index is 11.2. The van der Waals surface area contributed by atoms with E-state index in [4.69, 9.17) is 0 Å². The van der Waals surface area contributed by atoms with Crippen molar-refractivity contribution in [1.82, 2.24) is 5.32 Å². The summed E-state index contributed by atoms with van der Waals surface area (Å²) in [7, 11) is 1.40. The molecule has 0 aliphatic rings. The Hall–Kier alpha value is -1.35. The second-order valence-corrected chi connectivity index (χ2v) is 4.06. The molecule has 1 atom stereocenters. The number of benzene rings is 1. The van der Waals surface area contributed by atoms with Gasteiger partial charge in [-0.05, 0) is 31.9 Å². The summed E-state index contributed by atoms with van der Waals surface area (Å²) in [6.07, 6.45) is 0. The Bertz CT molecular complexity index is 374. The van der Waals surface area contributed by atoms with Crippen molar-refractivity contribution in [3.05, 3.63) is 34.9 Å². The van der Waals surface area contributed by atoms with Crippen molar-refractivity contribution in [2.24, 2.45) is 0 Å². The second-order valence-electron chi connectivity index (χ2n) is 4.06. The lowest BCUT2D eigenvalue weighted by atomic mass is 10.1. The van der Waals surface area contributed by atoms with Gasteiger partial charge in [-0.25, -0.2) is 0 Å². The summed E-state index contributed by atoms with van der Waals surface area (Å²) in [4.78, 5) is 11.2. The van der Waals surface area contributed by atoms with Gasteiger partial charge in [-0.15, -0.1) is 0 Å². The predicted molar refractivity (Wildman–Crippen MR) is 64.2 cm³/mol. The highest BCUT2D eigenvalue weighted by Gasteiger charge is 2.12. The molecule has 3 nitrogen and oxygen atoms in total. The molecule has 0 aliphatic heterocycles. The van der Waals surface area contributed by atoms with Crippen molar-refractivity contribution < 1.29 is 9.53 Å². The number of carbonyl (C=O) groups excluding carboxylic acids is 1. The molecule has 0 spiro atoms. The molecule has 1 aromatic carbocycles. The molecule has 0 bridgehead atoms. The second kappa shape index (κ2) is 5.66. The van der Waals surface area contributed by atoms with Gasteiger partial charge in [0.15, 0.2) is 0 Å². The van der Waals surface area contributed by atoms with Gasteiger partial charge in [-0.3, -0.25) is 4.79 Å². The molecule has 0 heterocycles. The van der Waals surface area contributed by atoms with Gasteiger partial charge in [0.05, 0.1) is 7.11 Å². The van der Waals surface area contributed by atoms with E-state index in [-0.39, 0.29) is 12.0 Å². The standard InChI is InChI=1S/C13H19NO2/c1-9-5-6-10(2)12(7-9)8-14-11(3)13(15)16-4/h5-7,11,14H,8H2,1-4H3/t11-/m0/s1. The smallest absolute Gasteiger partial charge is 0.322 e. The SMILES string of the molecule is COC(=O)[C@H](C)NCc1cc(C)ccc1C. The molecule has 88 valence electrons. The van der Waals surface area contributed by atoms with Crippen molar-refractivity contribution in [1.29, 1.82) is 0 Å². The highest BCUT2D eigenvalue weighted by molar-refractivity contribution is 5.75. The number of nitrogens with one attached hydrogen (secondary N) is 1. The molecule has 3 heteroatoms. The summed E-state index contributed by atoms with van der Waals surface area (Å²) < 4.78 is 4.65. The van der Waals surface area contributed by atoms with Crippen LogP contribution in [0.15, 0.2) is 18.2 Å². The summed E-state index contributed by atoms with van der Waals surface area (Å²) in [6, 6.07) is 6.04. The Morgan fingerprint density at radius 3 is 2.75 bits per heavy atom. The van der Waals surface area contributed by atoms with Gasteiger partial charge in [0, 0.05) is 6.54 Å². The van der Waals surface area contributed by atoms with Crippen LogP contribution >= 0.6 is 0 Å². The van der Waals surface area contributed by atoms with E-state index < -0.39 is 0 Å². The molecule has 1 aromatic rings. The van der Waals surface area contributed by atoms with Gasteiger partial charge in [-0.1, -0.05) is 23.8 Å².